The first kappa shape index (κ1) is 17.2. The third kappa shape index (κ3) is 3.80. The van der Waals surface area contributed by atoms with Gasteiger partial charge in [0.2, 0.25) is 0 Å². The summed E-state index contributed by atoms with van der Waals surface area (Å²) in [5, 5.41) is 5.98. The van der Waals surface area contributed by atoms with Gasteiger partial charge in [0.15, 0.2) is 0 Å². The maximum absolute atomic E-state index is 12.7. The Balaban J connectivity index is 1.43. The lowest BCUT2D eigenvalue weighted by molar-refractivity contribution is -0.0742. The van der Waals surface area contributed by atoms with E-state index in [0.29, 0.717) is 25.4 Å². The van der Waals surface area contributed by atoms with E-state index in [4.69, 9.17) is 13.9 Å². The van der Waals surface area contributed by atoms with Crippen molar-refractivity contribution in [1.82, 2.24) is 10.3 Å². The van der Waals surface area contributed by atoms with Crippen LogP contribution in [-0.4, -0.2) is 36.3 Å². The van der Waals surface area contributed by atoms with Crippen LogP contribution in [0.1, 0.15) is 28.2 Å². The summed E-state index contributed by atoms with van der Waals surface area (Å²) in [6.45, 7) is 3.40. The number of rotatable bonds is 5. The van der Waals surface area contributed by atoms with E-state index >= 15 is 0 Å². The van der Waals surface area contributed by atoms with Gasteiger partial charge < -0.3 is 19.2 Å². The molecule has 0 spiro atoms. The Morgan fingerprint density at radius 2 is 2.35 bits per heavy atom. The molecular formula is C19H20N2O4S. The molecule has 3 aromatic rings. The summed E-state index contributed by atoms with van der Waals surface area (Å²) in [6.07, 6.45) is 0.537. The van der Waals surface area contributed by atoms with Crippen LogP contribution < -0.4 is 5.32 Å². The molecule has 1 N–H and O–H groups in total. The summed E-state index contributed by atoms with van der Waals surface area (Å²) < 4.78 is 17.0. The molecule has 4 rings (SSSR count). The highest BCUT2D eigenvalue weighted by Crippen LogP contribution is 2.21. The lowest BCUT2D eigenvalue weighted by Crippen LogP contribution is -2.49. The van der Waals surface area contributed by atoms with Gasteiger partial charge in [0, 0.05) is 22.9 Å². The molecule has 136 valence electrons. The summed E-state index contributed by atoms with van der Waals surface area (Å²) in [5.41, 5.74) is 4.08. The Morgan fingerprint density at radius 1 is 1.42 bits per heavy atom. The molecule has 0 unspecified atom stereocenters. The summed E-state index contributed by atoms with van der Waals surface area (Å²) in [6, 6.07) is 7.31. The van der Waals surface area contributed by atoms with Crippen LogP contribution >= 0.6 is 11.3 Å². The van der Waals surface area contributed by atoms with Gasteiger partial charge in [-0.05, 0) is 37.6 Å². The Labute approximate surface area is 155 Å². The SMILES string of the molecule is Cc1cc2cc(C(=O)N[C@@H]3CCOC[C@H]3OCc3cscn3)ccc2o1. The van der Waals surface area contributed by atoms with Gasteiger partial charge in [0.25, 0.3) is 5.91 Å². The average molecular weight is 372 g/mol. The molecule has 26 heavy (non-hydrogen) atoms. The fourth-order valence-corrected chi connectivity index (χ4v) is 3.65. The van der Waals surface area contributed by atoms with Crippen LogP contribution in [0, 0.1) is 6.92 Å². The highest BCUT2D eigenvalue weighted by molar-refractivity contribution is 7.07. The molecular weight excluding hydrogens is 352 g/mol. The van der Waals surface area contributed by atoms with Crippen LogP contribution in [0.5, 0.6) is 0 Å². The standard InChI is InChI=1S/C19H20N2O4S/c1-12-6-14-7-13(2-3-17(14)25-12)19(22)21-16-4-5-23-9-18(16)24-8-15-10-26-11-20-15/h2-3,6-7,10-11,16,18H,4-5,8-9H2,1H3,(H,21,22)/t16-,18-/m1/s1. The van der Waals surface area contributed by atoms with Crippen molar-refractivity contribution in [3.05, 3.63) is 52.2 Å². The van der Waals surface area contributed by atoms with E-state index in [1.165, 1.54) is 11.3 Å². The molecule has 0 radical (unpaired) electrons. The lowest BCUT2D eigenvalue weighted by atomic mass is 10.0. The second-order valence-corrected chi connectivity index (χ2v) is 7.10. The number of thiazole rings is 1. The molecule has 0 aliphatic carbocycles. The number of carbonyl (C=O) groups excluding carboxylic acids is 1. The molecule has 3 heterocycles. The number of benzene rings is 1. The van der Waals surface area contributed by atoms with Crippen LogP contribution in [0.15, 0.2) is 39.6 Å². The number of aromatic nitrogens is 1. The average Bonchev–Trinajstić information content (AvgIpc) is 3.28. The van der Waals surface area contributed by atoms with Crippen molar-refractivity contribution in [2.45, 2.75) is 32.1 Å². The number of nitrogens with zero attached hydrogens (tertiary/aromatic N) is 1. The molecule has 1 amide bonds. The quantitative estimate of drug-likeness (QED) is 0.744. The van der Waals surface area contributed by atoms with Crippen molar-refractivity contribution in [3.8, 4) is 0 Å². The van der Waals surface area contributed by atoms with Gasteiger partial charge in [-0.2, -0.15) is 0 Å². The molecule has 1 aliphatic rings. The zero-order valence-corrected chi connectivity index (χ0v) is 15.3. The number of ether oxygens (including phenoxy) is 2. The fourth-order valence-electron chi connectivity index (χ4n) is 3.11. The van der Waals surface area contributed by atoms with E-state index in [1.807, 2.05) is 30.5 Å². The molecule has 7 heteroatoms. The second-order valence-electron chi connectivity index (χ2n) is 6.38. The Hall–Kier alpha value is -2.22. The molecule has 2 atom stereocenters. The number of amides is 1. The zero-order valence-electron chi connectivity index (χ0n) is 14.4. The van der Waals surface area contributed by atoms with Crippen LogP contribution in [0.2, 0.25) is 0 Å². The molecule has 6 nitrogen and oxygen atoms in total. The molecule has 1 saturated heterocycles. The fraction of sp³-hybridized carbons (Fsp3) is 0.368. The zero-order chi connectivity index (χ0) is 17.9. The number of carbonyl (C=O) groups is 1. The molecule has 2 aromatic heterocycles. The minimum absolute atomic E-state index is 0.0864. The normalized spacial score (nSPS) is 20.3. The van der Waals surface area contributed by atoms with Gasteiger partial charge in [-0.3, -0.25) is 4.79 Å². The van der Waals surface area contributed by atoms with Gasteiger partial charge in [-0.25, -0.2) is 4.98 Å². The van der Waals surface area contributed by atoms with Gasteiger partial charge in [-0.15, -0.1) is 11.3 Å². The maximum atomic E-state index is 12.7. The van der Waals surface area contributed by atoms with Crippen LogP contribution in [-0.2, 0) is 16.1 Å². The maximum Gasteiger partial charge on any atom is 0.251 e. The largest absolute Gasteiger partial charge is 0.461 e. The van der Waals surface area contributed by atoms with Gasteiger partial charge in [0.1, 0.15) is 17.4 Å². The van der Waals surface area contributed by atoms with E-state index in [-0.39, 0.29) is 18.1 Å². The summed E-state index contributed by atoms with van der Waals surface area (Å²) in [4.78, 5) is 16.9. The minimum atomic E-state index is -0.186. The van der Waals surface area contributed by atoms with Crippen molar-refractivity contribution >= 4 is 28.2 Å². The van der Waals surface area contributed by atoms with E-state index < -0.39 is 0 Å². The van der Waals surface area contributed by atoms with Gasteiger partial charge >= 0.3 is 0 Å². The third-order valence-corrected chi connectivity index (χ3v) is 5.09. The van der Waals surface area contributed by atoms with Crippen molar-refractivity contribution in [3.63, 3.8) is 0 Å². The Bertz CT molecular complexity index is 890. The van der Waals surface area contributed by atoms with E-state index in [1.54, 1.807) is 11.6 Å². The number of aryl methyl sites for hydroxylation is 1. The van der Waals surface area contributed by atoms with Crippen LogP contribution in [0.4, 0.5) is 0 Å². The summed E-state index contributed by atoms with van der Waals surface area (Å²) >= 11 is 1.54. The predicted octanol–water partition coefficient (Wildman–Crippen LogP) is 3.30. The Morgan fingerprint density at radius 3 is 3.19 bits per heavy atom. The second kappa shape index (κ2) is 7.57. The highest BCUT2D eigenvalue weighted by atomic mass is 32.1. The molecule has 1 aromatic carbocycles. The first-order valence-electron chi connectivity index (χ1n) is 8.56. The van der Waals surface area contributed by atoms with E-state index in [0.717, 1.165) is 28.8 Å². The van der Waals surface area contributed by atoms with Crippen molar-refractivity contribution in [1.29, 1.82) is 0 Å². The number of hydrogen-bond acceptors (Lipinski definition) is 6. The van der Waals surface area contributed by atoms with Crippen molar-refractivity contribution in [2.24, 2.45) is 0 Å². The monoisotopic (exact) mass is 372 g/mol. The predicted molar refractivity (Wildman–Crippen MR) is 98.3 cm³/mol. The van der Waals surface area contributed by atoms with Gasteiger partial charge in [0.05, 0.1) is 30.5 Å². The van der Waals surface area contributed by atoms with E-state index in [9.17, 15) is 4.79 Å². The summed E-state index contributed by atoms with van der Waals surface area (Å²) in [7, 11) is 0. The number of hydrogen-bond donors (Lipinski definition) is 1. The molecule has 0 bridgehead atoms. The van der Waals surface area contributed by atoms with Crippen molar-refractivity contribution in [2.75, 3.05) is 13.2 Å². The lowest BCUT2D eigenvalue weighted by Gasteiger charge is -2.32. The molecule has 1 fully saturated rings. The minimum Gasteiger partial charge on any atom is -0.461 e. The molecule has 1 aliphatic heterocycles. The van der Waals surface area contributed by atoms with Crippen LogP contribution in [0.3, 0.4) is 0 Å². The van der Waals surface area contributed by atoms with Gasteiger partial charge in [-0.1, -0.05) is 0 Å². The topological polar surface area (TPSA) is 73.6 Å². The number of furan rings is 1. The van der Waals surface area contributed by atoms with Crippen LogP contribution in [0.25, 0.3) is 11.0 Å². The van der Waals surface area contributed by atoms with E-state index in [2.05, 4.69) is 10.3 Å². The third-order valence-electron chi connectivity index (χ3n) is 4.45. The highest BCUT2D eigenvalue weighted by Gasteiger charge is 2.28. The number of nitrogens with one attached hydrogen (secondary N) is 1. The first-order chi connectivity index (χ1) is 12.7. The van der Waals surface area contributed by atoms with Crippen molar-refractivity contribution < 1.29 is 18.7 Å². The molecule has 0 saturated carbocycles. The smallest absolute Gasteiger partial charge is 0.251 e. The Kier molecular flexibility index (Phi) is 5.01. The first-order valence-corrected chi connectivity index (χ1v) is 9.51. The number of fused-ring (bicyclic) bond motifs is 1. The summed E-state index contributed by atoms with van der Waals surface area (Å²) in [5.74, 6) is 0.720.